The molecule has 1 atom stereocenters. The second-order valence-electron chi connectivity index (χ2n) is 5.75. The molecule has 2 heteroatoms. The van der Waals surface area contributed by atoms with E-state index in [1.165, 1.54) is 0 Å². The Kier molecular flexibility index (Phi) is 3.15. The van der Waals surface area contributed by atoms with Crippen molar-refractivity contribution in [2.24, 2.45) is 0 Å². The third-order valence-electron chi connectivity index (χ3n) is 4.46. The molecule has 2 aromatic rings. The van der Waals surface area contributed by atoms with Crippen LogP contribution in [0.3, 0.4) is 0 Å². The summed E-state index contributed by atoms with van der Waals surface area (Å²) in [5, 5.41) is 11.6. The van der Waals surface area contributed by atoms with Gasteiger partial charge in [0, 0.05) is 6.04 Å². The van der Waals surface area contributed by atoms with Gasteiger partial charge in [-0.3, -0.25) is 0 Å². The first-order valence-corrected chi connectivity index (χ1v) is 7.18. The normalized spacial score (nSPS) is 16.9. The molecule has 2 nitrogen and oxygen atoms in total. The molecule has 0 radical (unpaired) electrons. The molecule has 1 unspecified atom stereocenters. The van der Waals surface area contributed by atoms with Crippen LogP contribution in [0, 0.1) is 0 Å². The highest BCUT2D eigenvalue weighted by Crippen LogP contribution is 2.50. The summed E-state index contributed by atoms with van der Waals surface area (Å²) in [6.45, 7) is 2.13. The summed E-state index contributed by atoms with van der Waals surface area (Å²) in [5.74, 6) is 0. The molecule has 0 bridgehead atoms. The summed E-state index contributed by atoms with van der Waals surface area (Å²) in [7, 11) is 4.07. The van der Waals surface area contributed by atoms with E-state index in [2.05, 4.69) is 36.1 Å². The second kappa shape index (κ2) is 4.72. The number of hydrogen-bond acceptors (Lipinski definition) is 2. The lowest BCUT2D eigenvalue weighted by atomic mass is 9.82. The maximum Gasteiger partial charge on any atom is 0.131 e. The SMILES string of the molecule is CCC(N(C)C)C1(O)c2ccccc2-c2ccccc21. The van der Waals surface area contributed by atoms with Crippen molar-refractivity contribution in [3.63, 3.8) is 0 Å². The van der Waals surface area contributed by atoms with Crippen molar-refractivity contribution in [1.82, 2.24) is 4.90 Å². The number of aliphatic hydroxyl groups is 1. The maximum atomic E-state index is 11.6. The van der Waals surface area contributed by atoms with E-state index >= 15 is 0 Å². The van der Waals surface area contributed by atoms with Crippen LogP contribution in [0.25, 0.3) is 11.1 Å². The summed E-state index contributed by atoms with van der Waals surface area (Å²) in [4.78, 5) is 2.12. The zero-order valence-electron chi connectivity index (χ0n) is 12.3. The van der Waals surface area contributed by atoms with E-state index in [1.807, 2.05) is 38.4 Å². The molecule has 104 valence electrons. The zero-order chi connectivity index (χ0) is 14.3. The van der Waals surface area contributed by atoms with Crippen LogP contribution in [0.4, 0.5) is 0 Å². The Morgan fingerprint density at radius 2 is 1.40 bits per heavy atom. The van der Waals surface area contributed by atoms with Crippen LogP contribution in [0.2, 0.25) is 0 Å². The Balaban J connectivity index is 2.30. The summed E-state index contributed by atoms with van der Waals surface area (Å²) >= 11 is 0. The predicted octanol–water partition coefficient (Wildman–Crippen LogP) is 3.24. The van der Waals surface area contributed by atoms with Crippen molar-refractivity contribution in [2.75, 3.05) is 14.1 Å². The molecule has 0 aliphatic heterocycles. The first-order chi connectivity index (χ1) is 9.60. The molecule has 1 aliphatic carbocycles. The first-order valence-electron chi connectivity index (χ1n) is 7.18. The smallest absolute Gasteiger partial charge is 0.131 e. The van der Waals surface area contributed by atoms with Crippen LogP contribution in [0.1, 0.15) is 24.5 Å². The Labute approximate surface area is 120 Å². The van der Waals surface area contributed by atoms with Crippen LogP contribution in [0.5, 0.6) is 0 Å². The third-order valence-corrected chi connectivity index (χ3v) is 4.46. The lowest BCUT2D eigenvalue weighted by molar-refractivity contribution is -0.00118. The van der Waals surface area contributed by atoms with E-state index in [4.69, 9.17) is 0 Å². The van der Waals surface area contributed by atoms with Crippen molar-refractivity contribution in [3.05, 3.63) is 59.7 Å². The van der Waals surface area contributed by atoms with Gasteiger partial charge in [0.25, 0.3) is 0 Å². The molecule has 0 saturated heterocycles. The van der Waals surface area contributed by atoms with Crippen LogP contribution in [-0.4, -0.2) is 30.1 Å². The molecule has 0 fully saturated rings. The predicted molar refractivity (Wildman–Crippen MR) is 82.6 cm³/mol. The van der Waals surface area contributed by atoms with Gasteiger partial charge < -0.3 is 10.0 Å². The number of likely N-dealkylation sites (N-methyl/N-ethyl adjacent to an activating group) is 1. The van der Waals surface area contributed by atoms with Gasteiger partial charge in [0.1, 0.15) is 5.60 Å². The van der Waals surface area contributed by atoms with Gasteiger partial charge in [-0.25, -0.2) is 0 Å². The maximum absolute atomic E-state index is 11.6. The highest BCUT2D eigenvalue weighted by molar-refractivity contribution is 5.80. The highest BCUT2D eigenvalue weighted by atomic mass is 16.3. The highest BCUT2D eigenvalue weighted by Gasteiger charge is 2.47. The van der Waals surface area contributed by atoms with E-state index < -0.39 is 5.60 Å². The number of nitrogens with zero attached hydrogens (tertiary/aromatic N) is 1. The van der Waals surface area contributed by atoms with E-state index in [0.29, 0.717) is 0 Å². The lowest BCUT2D eigenvalue weighted by Crippen LogP contribution is -2.47. The zero-order valence-corrected chi connectivity index (χ0v) is 12.3. The van der Waals surface area contributed by atoms with E-state index in [1.54, 1.807) is 0 Å². The largest absolute Gasteiger partial charge is 0.379 e. The molecule has 0 amide bonds. The van der Waals surface area contributed by atoms with Gasteiger partial charge >= 0.3 is 0 Å². The summed E-state index contributed by atoms with van der Waals surface area (Å²) in [5.41, 5.74) is 3.45. The second-order valence-corrected chi connectivity index (χ2v) is 5.75. The topological polar surface area (TPSA) is 23.5 Å². The lowest BCUT2D eigenvalue weighted by Gasteiger charge is -2.38. The summed E-state index contributed by atoms with van der Waals surface area (Å²) in [6.07, 6.45) is 0.895. The molecular weight excluding hydrogens is 246 g/mol. The van der Waals surface area contributed by atoms with Crippen LogP contribution in [0.15, 0.2) is 48.5 Å². The van der Waals surface area contributed by atoms with Crippen LogP contribution in [-0.2, 0) is 5.60 Å². The minimum absolute atomic E-state index is 0.0623. The Morgan fingerprint density at radius 1 is 0.950 bits per heavy atom. The minimum Gasteiger partial charge on any atom is -0.379 e. The molecule has 0 aromatic heterocycles. The number of rotatable bonds is 3. The van der Waals surface area contributed by atoms with Crippen molar-refractivity contribution < 1.29 is 5.11 Å². The van der Waals surface area contributed by atoms with Crippen molar-refractivity contribution in [3.8, 4) is 11.1 Å². The molecule has 2 aromatic carbocycles. The van der Waals surface area contributed by atoms with Gasteiger partial charge in [-0.2, -0.15) is 0 Å². The third kappa shape index (κ3) is 1.65. The molecule has 3 rings (SSSR count). The number of benzene rings is 2. The quantitative estimate of drug-likeness (QED) is 0.923. The number of fused-ring (bicyclic) bond motifs is 3. The van der Waals surface area contributed by atoms with Crippen molar-refractivity contribution in [1.29, 1.82) is 0 Å². The fourth-order valence-electron chi connectivity index (χ4n) is 3.64. The Hall–Kier alpha value is -1.64. The van der Waals surface area contributed by atoms with Gasteiger partial charge in [-0.15, -0.1) is 0 Å². The van der Waals surface area contributed by atoms with Gasteiger partial charge in [0.15, 0.2) is 0 Å². The van der Waals surface area contributed by atoms with Gasteiger partial charge in [0.05, 0.1) is 0 Å². The summed E-state index contributed by atoms with van der Waals surface area (Å²) in [6, 6.07) is 16.5. The Bertz CT molecular complexity index is 587. The molecule has 1 aliphatic rings. The molecule has 1 N–H and O–H groups in total. The minimum atomic E-state index is -0.925. The fraction of sp³-hybridized carbons (Fsp3) is 0.333. The number of hydrogen-bond donors (Lipinski definition) is 1. The van der Waals surface area contributed by atoms with Gasteiger partial charge in [-0.1, -0.05) is 55.5 Å². The monoisotopic (exact) mass is 267 g/mol. The average molecular weight is 267 g/mol. The van der Waals surface area contributed by atoms with E-state index in [-0.39, 0.29) is 6.04 Å². The molecule has 0 spiro atoms. The average Bonchev–Trinajstić information content (AvgIpc) is 2.71. The summed E-state index contributed by atoms with van der Waals surface area (Å²) < 4.78 is 0. The first kappa shape index (κ1) is 13.3. The molecule has 20 heavy (non-hydrogen) atoms. The van der Waals surface area contributed by atoms with Gasteiger partial charge in [0.2, 0.25) is 0 Å². The Morgan fingerprint density at radius 3 is 1.80 bits per heavy atom. The van der Waals surface area contributed by atoms with Crippen molar-refractivity contribution in [2.45, 2.75) is 25.0 Å². The van der Waals surface area contributed by atoms with E-state index in [9.17, 15) is 5.11 Å². The van der Waals surface area contributed by atoms with Crippen LogP contribution < -0.4 is 0 Å². The van der Waals surface area contributed by atoms with E-state index in [0.717, 1.165) is 28.7 Å². The van der Waals surface area contributed by atoms with Gasteiger partial charge in [-0.05, 0) is 42.8 Å². The molecule has 0 saturated carbocycles. The molecule has 0 heterocycles. The standard InChI is InChI=1S/C18H21NO/c1-4-17(19(2)3)18(20)15-11-7-5-9-13(15)14-10-6-8-12-16(14)18/h5-12,17,20H,4H2,1-3H3. The fourth-order valence-corrected chi connectivity index (χ4v) is 3.64. The molecular formula is C18H21NO. The van der Waals surface area contributed by atoms with Crippen LogP contribution >= 0.6 is 0 Å². The van der Waals surface area contributed by atoms with Crippen molar-refractivity contribution >= 4 is 0 Å².